The largest absolute Gasteiger partial charge is 0.353 e. The summed E-state index contributed by atoms with van der Waals surface area (Å²) in [7, 11) is 0. The predicted octanol–water partition coefficient (Wildman–Crippen LogP) is 1.16. The van der Waals surface area contributed by atoms with E-state index in [9.17, 15) is 32.8 Å². The van der Waals surface area contributed by atoms with Gasteiger partial charge in [-0.2, -0.15) is 0 Å². The number of ketones is 2. The van der Waals surface area contributed by atoms with Gasteiger partial charge in [-0.3, -0.25) is 28.7 Å². The number of piperazine rings is 1. The number of halogens is 2. The summed E-state index contributed by atoms with van der Waals surface area (Å²) in [5, 5.41) is 0. The number of nitrogens with one attached hydrogen (secondary N) is 1. The number of fused-ring (bicyclic) bond motifs is 1. The number of hydrogen-bond acceptors (Lipinski definition) is 7. The van der Waals surface area contributed by atoms with Crippen LogP contribution in [0.4, 0.5) is 14.6 Å². The molecule has 2 aromatic heterocycles. The number of H-pyrrole nitrogens is 1. The van der Waals surface area contributed by atoms with Crippen LogP contribution in [-0.2, 0) is 11.3 Å². The average Bonchev–Trinajstić information content (AvgIpc) is 2.90. The molecule has 0 spiro atoms. The maximum Gasteiger partial charge on any atom is 0.329 e. The number of carbonyl (C=O) groups is 3. The third kappa shape index (κ3) is 4.37. The van der Waals surface area contributed by atoms with E-state index < -0.39 is 58.2 Å². The molecule has 1 aliphatic heterocycles. The summed E-state index contributed by atoms with van der Waals surface area (Å²) in [4.78, 5) is 71.8. The number of anilines is 1. The molecule has 1 N–H and O–H groups in total. The van der Waals surface area contributed by atoms with Crippen LogP contribution in [0.2, 0.25) is 0 Å². The maximum atomic E-state index is 14.7. The molecule has 5 rings (SSSR count). The normalized spacial score (nSPS) is 15.5. The van der Waals surface area contributed by atoms with Gasteiger partial charge >= 0.3 is 5.69 Å². The number of rotatable bonds is 4. The van der Waals surface area contributed by atoms with Crippen LogP contribution in [-0.4, -0.2) is 63.1 Å². The Morgan fingerprint density at radius 2 is 1.76 bits per heavy atom. The highest BCUT2D eigenvalue weighted by Crippen LogP contribution is 2.23. The van der Waals surface area contributed by atoms with Crippen molar-refractivity contribution in [2.45, 2.75) is 6.54 Å². The number of allylic oxidation sites excluding steroid dienone is 1. The first kappa shape index (κ1) is 24.0. The number of pyridine rings is 1. The zero-order valence-electron chi connectivity index (χ0n) is 19.2. The maximum absolute atomic E-state index is 14.7. The lowest BCUT2D eigenvalue weighted by atomic mass is 9.99. The lowest BCUT2D eigenvalue weighted by Gasteiger charge is -2.35. The lowest BCUT2D eigenvalue weighted by molar-refractivity contribution is -0.111. The van der Waals surface area contributed by atoms with Crippen LogP contribution < -0.4 is 16.1 Å². The van der Waals surface area contributed by atoms with Crippen molar-refractivity contribution in [3.63, 3.8) is 0 Å². The molecule has 10 nitrogen and oxygen atoms in total. The van der Waals surface area contributed by atoms with Crippen molar-refractivity contribution < 1.29 is 23.2 Å². The van der Waals surface area contributed by atoms with Gasteiger partial charge < -0.3 is 9.80 Å². The van der Waals surface area contributed by atoms with E-state index >= 15 is 0 Å². The van der Waals surface area contributed by atoms with E-state index in [0.29, 0.717) is 32.3 Å². The molecule has 0 saturated carbocycles. The van der Waals surface area contributed by atoms with Gasteiger partial charge in [-0.25, -0.2) is 18.6 Å². The number of benzene rings is 1. The van der Waals surface area contributed by atoms with Gasteiger partial charge in [0.2, 0.25) is 11.6 Å². The fraction of sp³-hybridized carbons (Fsp3) is 0.200. The summed E-state index contributed by atoms with van der Waals surface area (Å²) in [6.07, 6.45) is 2.06. The summed E-state index contributed by atoms with van der Waals surface area (Å²) in [6, 6.07) is 9.09. The Labute approximate surface area is 207 Å². The molecular weight excluding hydrogens is 488 g/mol. The van der Waals surface area contributed by atoms with Crippen LogP contribution in [0.1, 0.15) is 32.0 Å². The number of Topliss-reactive ketones (excluding diaryl/α,β-unsaturated/α-hetero) is 1. The average molecular weight is 507 g/mol. The van der Waals surface area contributed by atoms with E-state index in [-0.39, 0.29) is 11.1 Å². The standard InChI is InChI=1S/C25H19F2N5O5/c26-16-5-4-14(13-32-21-20(23(35)29-25(32)37)17(27)12-18(33)22(21)34)11-15(16)24(36)31-9-7-30(8-10-31)19-3-1-2-6-28-19/h1-6,11-12H,7-10,13H2,(H,29,35,37). The van der Waals surface area contributed by atoms with Gasteiger partial charge in [0.05, 0.1) is 12.1 Å². The number of amides is 1. The minimum absolute atomic E-state index is 0.225. The van der Waals surface area contributed by atoms with Crippen molar-refractivity contribution >= 4 is 29.1 Å². The summed E-state index contributed by atoms with van der Waals surface area (Å²) in [5.41, 5.74) is -3.64. The second-order valence-corrected chi connectivity index (χ2v) is 8.54. The van der Waals surface area contributed by atoms with E-state index in [1.54, 1.807) is 12.3 Å². The van der Waals surface area contributed by atoms with Gasteiger partial charge in [0.1, 0.15) is 28.7 Å². The summed E-state index contributed by atoms with van der Waals surface area (Å²) >= 11 is 0. The van der Waals surface area contributed by atoms with Crippen LogP contribution in [0.3, 0.4) is 0 Å². The fourth-order valence-corrected chi connectivity index (χ4v) is 4.42. The molecule has 0 bridgehead atoms. The van der Waals surface area contributed by atoms with Gasteiger partial charge in [0.25, 0.3) is 11.5 Å². The zero-order valence-corrected chi connectivity index (χ0v) is 19.2. The molecule has 3 heterocycles. The third-order valence-electron chi connectivity index (χ3n) is 6.28. The molecule has 188 valence electrons. The summed E-state index contributed by atoms with van der Waals surface area (Å²) < 4.78 is 29.7. The van der Waals surface area contributed by atoms with E-state index in [0.717, 1.165) is 16.5 Å². The molecule has 12 heteroatoms. The number of aromatic amines is 1. The predicted molar refractivity (Wildman–Crippen MR) is 128 cm³/mol. The van der Waals surface area contributed by atoms with Crippen LogP contribution in [0.5, 0.6) is 0 Å². The van der Waals surface area contributed by atoms with Crippen LogP contribution >= 0.6 is 0 Å². The van der Waals surface area contributed by atoms with Crippen LogP contribution in [0, 0.1) is 5.82 Å². The van der Waals surface area contributed by atoms with Crippen molar-refractivity contribution in [1.29, 1.82) is 0 Å². The molecule has 1 aromatic carbocycles. The third-order valence-corrected chi connectivity index (χ3v) is 6.28. The van der Waals surface area contributed by atoms with Gasteiger partial charge in [-0.1, -0.05) is 12.1 Å². The molecular formula is C25H19F2N5O5. The zero-order chi connectivity index (χ0) is 26.3. The molecule has 0 unspecified atom stereocenters. The van der Waals surface area contributed by atoms with Gasteiger partial charge in [0, 0.05) is 38.5 Å². The Balaban J connectivity index is 1.42. The number of hydrogen-bond donors (Lipinski definition) is 1. The Morgan fingerprint density at radius 3 is 2.46 bits per heavy atom. The second-order valence-electron chi connectivity index (χ2n) is 8.54. The van der Waals surface area contributed by atoms with Crippen LogP contribution in [0.15, 0.2) is 58.3 Å². The lowest BCUT2D eigenvalue weighted by Crippen LogP contribution is -2.49. The SMILES string of the molecule is O=C1C=C(F)c2c(n(Cc3ccc(F)c(C(=O)N4CCN(c5ccccn5)CC4)c3)c(=O)[nH]c2=O)C1=O. The smallest absolute Gasteiger partial charge is 0.329 e. The molecule has 0 atom stereocenters. The molecule has 2 aliphatic rings. The van der Waals surface area contributed by atoms with E-state index in [1.165, 1.54) is 17.0 Å². The Morgan fingerprint density at radius 1 is 1.00 bits per heavy atom. The number of carbonyl (C=O) groups excluding carboxylic acids is 3. The molecule has 1 aliphatic carbocycles. The fourth-order valence-electron chi connectivity index (χ4n) is 4.42. The summed E-state index contributed by atoms with van der Waals surface area (Å²) in [6.45, 7) is 1.23. The first-order chi connectivity index (χ1) is 17.7. The first-order valence-corrected chi connectivity index (χ1v) is 11.3. The van der Waals surface area contributed by atoms with E-state index in [2.05, 4.69) is 4.98 Å². The van der Waals surface area contributed by atoms with Gasteiger partial charge in [0.15, 0.2) is 0 Å². The quantitative estimate of drug-likeness (QED) is 0.526. The summed E-state index contributed by atoms with van der Waals surface area (Å²) in [5.74, 6) is -4.24. The number of nitrogens with zero attached hydrogens (tertiary/aromatic N) is 4. The Bertz CT molecular complexity index is 1590. The highest BCUT2D eigenvalue weighted by molar-refractivity contribution is 6.49. The van der Waals surface area contributed by atoms with Crippen LogP contribution in [0.25, 0.3) is 5.83 Å². The second kappa shape index (κ2) is 9.37. The van der Waals surface area contributed by atoms with Gasteiger partial charge in [-0.05, 0) is 29.8 Å². The highest BCUT2D eigenvalue weighted by Gasteiger charge is 2.33. The van der Waals surface area contributed by atoms with E-state index in [1.807, 2.05) is 22.0 Å². The monoisotopic (exact) mass is 507 g/mol. The Kier molecular flexibility index (Phi) is 6.07. The van der Waals surface area contributed by atoms with Crippen molar-refractivity contribution in [3.05, 3.63) is 97.7 Å². The minimum atomic E-state index is -1.24. The Hall–Kier alpha value is -4.74. The van der Waals surface area contributed by atoms with E-state index in [4.69, 9.17) is 0 Å². The molecule has 37 heavy (non-hydrogen) atoms. The molecule has 3 aromatic rings. The number of aromatic nitrogens is 3. The minimum Gasteiger partial charge on any atom is -0.353 e. The van der Waals surface area contributed by atoms with Crippen molar-refractivity contribution in [3.8, 4) is 0 Å². The van der Waals surface area contributed by atoms with Crippen molar-refractivity contribution in [1.82, 2.24) is 19.4 Å². The van der Waals surface area contributed by atoms with Crippen molar-refractivity contribution in [2.24, 2.45) is 0 Å². The topological polar surface area (TPSA) is 125 Å². The van der Waals surface area contributed by atoms with Gasteiger partial charge in [-0.15, -0.1) is 0 Å². The molecule has 1 fully saturated rings. The highest BCUT2D eigenvalue weighted by atomic mass is 19.1. The van der Waals surface area contributed by atoms with Crippen molar-refractivity contribution in [2.75, 3.05) is 31.1 Å². The molecule has 1 saturated heterocycles. The molecule has 1 amide bonds. The molecule has 0 radical (unpaired) electrons. The first-order valence-electron chi connectivity index (χ1n) is 11.3.